The van der Waals surface area contributed by atoms with Gasteiger partial charge in [-0.15, -0.1) is 0 Å². The van der Waals surface area contributed by atoms with Crippen LogP contribution >= 0.6 is 0 Å². The summed E-state index contributed by atoms with van der Waals surface area (Å²) in [5.41, 5.74) is 6.74. The quantitative estimate of drug-likeness (QED) is 0.300. The molecule has 0 radical (unpaired) electrons. The highest BCUT2D eigenvalue weighted by molar-refractivity contribution is 7.90. The number of hydrogen-bond acceptors (Lipinski definition) is 5. The van der Waals surface area contributed by atoms with Crippen molar-refractivity contribution in [3.05, 3.63) is 96.8 Å². The van der Waals surface area contributed by atoms with Crippen LogP contribution < -0.4 is 5.32 Å². The fourth-order valence-electron chi connectivity index (χ4n) is 4.09. The molecule has 5 rings (SSSR count). The van der Waals surface area contributed by atoms with Crippen LogP contribution in [-0.4, -0.2) is 29.0 Å². The summed E-state index contributed by atoms with van der Waals surface area (Å²) >= 11 is 0. The monoisotopic (exact) mass is 496 g/mol. The Morgan fingerprint density at radius 1 is 0.861 bits per heavy atom. The summed E-state index contributed by atoms with van der Waals surface area (Å²) in [6, 6.07) is 25.2. The number of hydrogen-bond donors (Lipinski definition) is 1. The molecule has 3 aromatic heterocycles. The van der Waals surface area contributed by atoms with Gasteiger partial charge in [-0.3, -0.25) is 4.40 Å². The van der Waals surface area contributed by atoms with Crippen molar-refractivity contribution in [1.82, 2.24) is 14.4 Å². The Morgan fingerprint density at radius 2 is 1.58 bits per heavy atom. The minimum absolute atomic E-state index is 0.110. The third kappa shape index (κ3) is 4.88. The second-order valence-corrected chi connectivity index (χ2v) is 12.0. The standard InChI is InChI=1S/C29H28N4O2S/c1-29(2,3)22-10-12-23(13-11-22)31-27-7-5-6-25(32-27)26-19-30-28-18-21(16-17-33(26)28)20-8-14-24(15-9-20)36(4,34)35/h5-19H,1-4H3,(H,31,32). The van der Waals surface area contributed by atoms with Crippen molar-refractivity contribution in [2.75, 3.05) is 11.6 Å². The summed E-state index contributed by atoms with van der Waals surface area (Å²) < 4.78 is 25.5. The van der Waals surface area contributed by atoms with Crippen molar-refractivity contribution in [1.29, 1.82) is 0 Å². The molecule has 0 fully saturated rings. The zero-order valence-corrected chi connectivity index (χ0v) is 21.5. The highest BCUT2D eigenvalue weighted by Gasteiger charge is 2.14. The maximum atomic E-state index is 11.7. The molecule has 0 atom stereocenters. The van der Waals surface area contributed by atoms with Gasteiger partial charge in [0.2, 0.25) is 0 Å². The molecular formula is C29H28N4O2S. The number of aromatic nitrogens is 3. The first-order chi connectivity index (χ1) is 17.1. The molecule has 0 saturated carbocycles. The van der Waals surface area contributed by atoms with Crippen LogP contribution in [-0.2, 0) is 15.3 Å². The molecule has 0 spiro atoms. The number of rotatable bonds is 5. The zero-order valence-electron chi connectivity index (χ0n) is 20.7. The maximum absolute atomic E-state index is 11.7. The normalized spacial score (nSPS) is 12.1. The third-order valence-electron chi connectivity index (χ3n) is 6.16. The zero-order chi connectivity index (χ0) is 25.5. The van der Waals surface area contributed by atoms with Crippen LogP contribution in [0.25, 0.3) is 28.2 Å². The number of imidazole rings is 1. The highest BCUT2D eigenvalue weighted by Crippen LogP contribution is 2.28. The molecule has 36 heavy (non-hydrogen) atoms. The SMILES string of the molecule is CC(C)(C)c1ccc(Nc2cccc(-c3cnc4cc(-c5ccc(S(C)(=O)=O)cc5)ccn34)n2)cc1. The van der Waals surface area contributed by atoms with Crippen LogP contribution in [0.1, 0.15) is 26.3 Å². The summed E-state index contributed by atoms with van der Waals surface area (Å²) in [6.45, 7) is 6.61. The van der Waals surface area contributed by atoms with Crippen molar-refractivity contribution in [3.63, 3.8) is 0 Å². The first kappa shape index (κ1) is 23.8. The van der Waals surface area contributed by atoms with Gasteiger partial charge in [0.25, 0.3) is 0 Å². The molecule has 3 heterocycles. The number of fused-ring (bicyclic) bond motifs is 1. The largest absolute Gasteiger partial charge is 0.340 e. The number of pyridine rings is 2. The van der Waals surface area contributed by atoms with E-state index in [0.29, 0.717) is 4.90 Å². The molecule has 0 amide bonds. The maximum Gasteiger partial charge on any atom is 0.175 e. The topological polar surface area (TPSA) is 76.4 Å². The number of nitrogens with zero attached hydrogens (tertiary/aromatic N) is 3. The average Bonchev–Trinajstić information content (AvgIpc) is 3.27. The van der Waals surface area contributed by atoms with Gasteiger partial charge in [-0.25, -0.2) is 18.4 Å². The summed E-state index contributed by atoms with van der Waals surface area (Å²) in [5.74, 6) is 0.758. The number of anilines is 2. The summed E-state index contributed by atoms with van der Waals surface area (Å²) in [7, 11) is -3.22. The second kappa shape index (κ2) is 8.91. The van der Waals surface area contributed by atoms with Crippen LogP contribution in [0.4, 0.5) is 11.5 Å². The number of benzene rings is 2. The molecule has 0 aliphatic rings. The summed E-state index contributed by atoms with van der Waals surface area (Å²) in [5, 5.41) is 3.40. The van der Waals surface area contributed by atoms with Gasteiger partial charge in [-0.1, -0.05) is 51.1 Å². The highest BCUT2D eigenvalue weighted by atomic mass is 32.2. The van der Waals surface area contributed by atoms with Crippen molar-refractivity contribution >= 4 is 27.0 Å². The number of nitrogens with one attached hydrogen (secondary N) is 1. The Kier molecular flexibility index (Phi) is 5.88. The Morgan fingerprint density at radius 3 is 2.25 bits per heavy atom. The molecule has 0 unspecified atom stereocenters. The summed E-state index contributed by atoms with van der Waals surface area (Å²) in [6.07, 6.45) is 4.99. The Balaban J connectivity index is 1.41. The molecule has 2 aromatic carbocycles. The predicted molar refractivity (Wildman–Crippen MR) is 145 cm³/mol. The van der Waals surface area contributed by atoms with E-state index in [4.69, 9.17) is 4.98 Å². The van der Waals surface area contributed by atoms with Crippen LogP contribution in [0.15, 0.2) is 96.2 Å². The molecule has 0 aliphatic heterocycles. The Hall–Kier alpha value is -3.97. The van der Waals surface area contributed by atoms with Gasteiger partial charge >= 0.3 is 0 Å². The molecule has 0 bridgehead atoms. The molecule has 6 nitrogen and oxygen atoms in total. The van der Waals surface area contributed by atoms with Crippen LogP contribution in [0.3, 0.4) is 0 Å². The first-order valence-electron chi connectivity index (χ1n) is 11.7. The fourth-order valence-corrected chi connectivity index (χ4v) is 4.72. The van der Waals surface area contributed by atoms with E-state index in [1.807, 2.05) is 59.3 Å². The van der Waals surface area contributed by atoms with E-state index in [1.54, 1.807) is 12.1 Å². The number of sulfone groups is 1. The van der Waals surface area contributed by atoms with Gasteiger partial charge in [0.05, 0.1) is 22.5 Å². The van der Waals surface area contributed by atoms with E-state index in [0.717, 1.165) is 39.7 Å². The fraction of sp³-hybridized carbons (Fsp3) is 0.172. The first-order valence-corrected chi connectivity index (χ1v) is 13.6. The molecule has 7 heteroatoms. The molecular weight excluding hydrogens is 468 g/mol. The van der Waals surface area contributed by atoms with Crippen molar-refractivity contribution in [2.45, 2.75) is 31.1 Å². The van der Waals surface area contributed by atoms with Crippen LogP contribution in [0.2, 0.25) is 0 Å². The van der Waals surface area contributed by atoms with Crippen molar-refractivity contribution in [2.24, 2.45) is 0 Å². The lowest BCUT2D eigenvalue weighted by atomic mass is 9.87. The molecule has 0 saturated heterocycles. The van der Waals surface area contributed by atoms with E-state index in [1.165, 1.54) is 11.8 Å². The van der Waals surface area contributed by atoms with Gasteiger partial charge in [0.1, 0.15) is 11.5 Å². The minimum atomic E-state index is -3.22. The van der Waals surface area contributed by atoms with Gasteiger partial charge in [-0.2, -0.15) is 0 Å². The van der Waals surface area contributed by atoms with Crippen molar-refractivity contribution < 1.29 is 8.42 Å². The van der Waals surface area contributed by atoms with E-state index >= 15 is 0 Å². The smallest absolute Gasteiger partial charge is 0.175 e. The van der Waals surface area contributed by atoms with Gasteiger partial charge < -0.3 is 5.32 Å². The molecule has 0 aliphatic carbocycles. The third-order valence-corrected chi connectivity index (χ3v) is 7.29. The van der Waals surface area contributed by atoms with E-state index in [-0.39, 0.29) is 5.41 Å². The summed E-state index contributed by atoms with van der Waals surface area (Å²) in [4.78, 5) is 9.71. The van der Waals surface area contributed by atoms with Gasteiger partial charge in [-0.05, 0) is 70.6 Å². The molecule has 5 aromatic rings. The molecule has 182 valence electrons. The van der Waals surface area contributed by atoms with E-state index < -0.39 is 9.84 Å². The van der Waals surface area contributed by atoms with Gasteiger partial charge in [0.15, 0.2) is 9.84 Å². The average molecular weight is 497 g/mol. The Bertz CT molecular complexity index is 1650. The van der Waals surface area contributed by atoms with Crippen molar-refractivity contribution in [3.8, 4) is 22.5 Å². The van der Waals surface area contributed by atoms with Crippen LogP contribution in [0.5, 0.6) is 0 Å². The van der Waals surface area contributed by atoms with E-state index in [9.17, 15) is 8.42 Å². The lowest BCUT2D eigenvalue weighted by molar-refractivity contribution is 0.590. The molecule has 1 N–H and O–H groups in total. The lowest BCUT2D eigenvalue weighted by Crippen LogP contribution is -2.10. The predicted octanol–water partition coefficient (Wildman–Crippen LogP) is 6.51. The Labute approximate surface area is 211 Å². The van der Waals surface area contributed by atoms with Gasteiger partial charge in [0, 0.05) is 18.1 Å². The minimum Gasteiger partial charge on any atom is -0.340 e. The second-order valence-electron chi connectivity index (χ2n) is 9.94. The van der Waals surface area contributed by atoms with E-state index in [2.05, 4.69) is 55.3 Å². The van der Waals surface area contributed by atoms with Crippen LogP contribution in [0, 0.1) is 0 Å². The lowest BCUT2D eigenvalue weighted by Gasteiger charge is -2.19.